The standard InChI is InChI=1S/C20H25N3O2/c1-2-9-22-18(5-1)13-23-10-11-25-20-17(6-7-19(20)23)15-24-14-16-4-3-8-21-12-16/h1-5,8-9,12,17,19-20H,6-7,10-11,13-15H2/t17-,19+,20+/m0/s1. The van der Waals surface area contributed by atoms with Crippen LogP contribution in [0, 0.1) is 5.92 Å². The highest BCUT2D eigenvalue weighted by atomic mass is 16.5. The third-order valence-corrected chi connectivity index (χ3v) is 5.25. The molecule has 1 saturated heterocycles. The van der Waals surface area contributed by atoms with Gasteiger partial charge in [-0.25, -0.2) is 0 Å². The van der Waals surface area contributed by atoms with Crippen LogP contribution in [-0.2, 0) is 22.6 Å². The van der Waals surface area contributed by atoms with Gasteiger partial charge in [0, 0.05) is 43.6 Å². The summed E-state index contributed by atoms with van der Waals surface area (Å²) in [4.78, 5) is 11.1. The second-order valence-corrected chi connectivity index (χ2v) is 6.91. The number of pyridine rings is 2. The molecule has 2 aromatic rings. The Bertz CT molecular complexity index is 653. The molecule has 0 unspecified atom stereocenters. The van der Waals surface area contributed by atoms with Crippen LogP contribution in [0.15, 0.2) is 48.9 Å². The molecule has 1 aliphatic heterocycles. The van der Waals surface area contributed by atoms with E-state index in [0.29, 0.717) is 18.6 Å². The fourth-order valence-corrected chi connectivity index (χ4v) is 4.02. The van der Waals surface area contributed by atoms with Crippen LogP contribution in [0.2, 0.25) is 0 Å². The van der Waals surface area contributed by atoms with E-state index < -0.39 is 0 Å². The van der Waals surface area contributed by atoms with Gasteiger partial charge in [-0.1, -0.05) is 12.1 Å². The van der Waals surface area contributed by atoms with Crippen LogP contribution in [0.25, 0.3) is 0 Å². The Morgan fingerprint density at radius 2 is 2.16 bits per heavy atom. The topological polar surface area (TPSA) is 47.5 Å². The van der Waals surface area contributed by atoms with Crippen LogP contribution >= 0.6 is 0 Å². The monoisotopic (exact) mass is 339 g/mol. The number of hydrogen-bond donors (Lipinski definition) is 0. The van der Waals surface area contributed by atoms with Gasteiger partial charge in [-0.3, -0.25) is 14.9 Å². The third kappa shape index (κ3) is 4.06. The molecule has 25 heavy (non-hydrogen) atoms. The van der Waals surface area contributed by atoms with Crippen molar-refractivity contribution >= 4 is 0 Å². The van der Waals surface area contributed by atoms with Crippen molar-refractivity contribution in [3.8, 4) is 0 Å². The van der Waals surface area contributed by atoms with Crippen molar-refractivity contribution in [1.29, 1.82) is 0 Å². The molecule has 0 spiro atoms. The molecular formula is C20H25N3O2. The molecule has 0 radical (unpaired) electrons. The first-order valence-electron chi connectivity index (χ1n) is 9.12. The lowest BCUT2D eigenvalue weighted by atomic mass is 10.0. The van der Waals surface area contributed by atoms with E-state index in [4.69, 9.17) is 9.47 Å². The van der Waals surface area contributed by atoms with Gasteiger partial charge in [0.05, 0.1) is 31.6 Å². The molecule has 0 amide bonds. The van der Waals surface area contributed by atoms with Crippen LogP contribution in [0.3, 0.4) is 0 Å². The van der Waals surface area contributed by atoms with E-state index in [1.54, 1.807) is 6.20 Å². The zero-order valence-electron chi connectivity index (χ0n) is 14.5. The molecule has 132 valence electrons. The smallest absolute Gasteiger partial charge is 0.0781 e. The number of nitrogens with zero attached hydrogens (tertiary/aromatic N) is 3. The van der Waals surface area contributed by atoms with Crippen LogP contribution in [0.1, 0.15) is 24.1 Å². The number of aromatic nitrogens is 2. The summed E-state index contributed by atoms with van der Waals surface area (Å²) in [5, 5.41) is 0. The summed E-state index contributed by atoms with van der Waals surface area (Å²) in [6, 6.07) is 10.6. The van der Waals surface area contributed by atoms with Crippen LogP contribution in [0.5, 0.6) is 0 Å². The Balaban J connectivity index is 1.31. The van der Waals surface area contributed by atoms with Gasteiger partial charge in [0.15, 0.2) is 0 Å². The van der Waals surface area contributed by atoms with E-state index in [1.807, 2.05) is 24.5 Å². The molecule has 5 heteroatoms. The van der Waals surface area contributed by atoms with Crippen molar-refractivity contribution in [2.75, 3.05) is 19.8 Å². The SMILES string of the molecule is c1ccc(CN2CCO[C@@H]3[C@H](COCc4cccnc4)CC[C@H]32)nc1. The lowest BCUT2D eigenvalue weighted by Crippen LogP contribution is -2.50. The highest BCUT2D eigenvalue weighted by Crippen LogP contribution is 2.35. The van der Waals surface area contributed by atoms with Gasteiger partial charge in [-0.05, 0) is 36.6 Å². The summed E-state index contributed by atoms with van der Waals surface area (Å²) >= 11 is 0. The number of ether oxygens (including phenoxy) is 2. The van der Waals surface area contributed by atoms with Crippen molar-refractivity contribution in [3.05, 3.63) is 60.2 Å². The average molecular weight is 339 g/mol. The molecule has 5 nitrogen and oxygen atoms in total. The van der Waals surface area contributed by atoms with Crippen LogP contribution < -0.4 is 0 Å². The summed E-state index contributed by atoms with van der Waals surface area (Å²) in [7, 11) is 0. The number of morpholine rings is 1. The maximum absolute atomic E-state index is 6.13. The molecular weight excluding hydrogens is 314 g/mol. The first-order chi connectivity index (χ1) is 12.4. The van der Waals surface area contributed by atoms with Crippen molar-refractivity contribution in [2.24, 2.45) is 5.92 Å². The molecule has 3 atom stereocenters. The van der Waals surface area contributed by atoms with Crippen molar-refractivity contribution < 1.29 is 9.47 Å². The zero-order valence-corrected chi connectivity index (χ0v) is 14.5. The highest BCUT2D eigenvalue weighted by Gasteiger charge is 2.42. The van der Waals surface area contributed by atoms with E-state index in [1.165, 1.54) is 12.8 Å². The Kier molecular flexibility index (Phi) is 5.35. The lowest BCUT2D eigenvalue weighted by molar-refractivity contribution is -0.0894. The Hall–Kier alpha value is -1.82. The molecule has 1 aliphatic carbocycles. The third-order valence-electron chi connectivity index (χ3n) is 5.25. The second-order valence-electron chi connectivity index (χ2n) is 6.91. The van der Waals surface area contributed by atoms with Crippen LogP contribution in [-0.4, -0.2) is 46.8 Å². The fraction of sp³-hybridized carbons (Fsp3) is 0.500. The molecule has 0 aromatic carbocycles. The van der Waals surface area contributed by atoms with E-state index in [-0.39, 0.29) is 6.10 Å². The predicted molar refractivity (Wildman–Crippen MR) is 94.8 cm³/mol. The zero-order chi connectivity index (χ0) is 16.9. The summed E-state index contributed by atoms with van der Waals surface area (Å²) in [5.41, 5.74) is 2.26. The number of hydrogen-bond acceptors (Lipinski definition) is 5. The van der Waals surface area contributed by atoms with Gasteiger partial charge < -0.3 is 9.47 Å². The van der Waals surface area contributed by atoms with E-state index in [0.717, 1.165) is 37.6 Å². The normalized spacial score (nSPS) is 26.5. The molecule has 0 N–H and O–H groups in total. The Morgan fingerprint density at radius 3 is 3.00 bits per heavy atom. The molecule has 2 aromatic heterocycles. The van der Waals surface area contributed by atoms with E-state index >= 15 is 0 Å². The first kappa shape index (κ1) is 16.6. The number of fused-ring (bicyclic) bond motifs is 1. The summed E-state index contributed by atoms with van der Waals surface area (Å²) in [5.74, 6) is 0.480. The van der Waals surface area contributed by atoms with Crippen molar-refractivity contribution in [1.82, 2.24) is 14.9 Å². The molecule has 1 saturated carbocycles. The second kappa shape index (κ2) is 8.04. The lowest BCUT2D eigenvalue weighted by Gasteiger charge is -2.39. The largest absolute Gasteiger partial charge is 0.376 e. The van der Waals surface area contributed by atoms with Gasteiger partial charge in [0.2, 0.25) is 0 Å². The van der Waals surface area contributed by atoms with Crippen LogP contribution in [0.4, 0.5) is 0 Å². The first-order valence-corrected chi connectivity index (χ1v) is 9.12. The number of rotatable bonds is 6. The molecule has 0 bridgehead atoms. The molecule has 3 heterocycles. The minimum absolute atomic E-state index is 0.284. The minimum atomic E-state index is 0.284. The fourth-order valence-electron chi connectivity index (χ4n) is 4.02. The maximum Gasteiger partial charge on any atom is 0.0781 e. The maximum atomic E-state index is 6.13. The summed E-state index contributed by atoms with van der Waals surface area (Å²) < 4.78 is 12.1. The highest BCUT2D eigenvalue weighted by molar-refractivity contribution is 5.07. The van der Waals surface area contributed by atoms with E-state index in [2.05, 4.69) is 33.1 Å². The van der Waals surface area contributed by atoms with Gasteiger partial charge in [0.1, 0.15) is 0 Å². The summed E-state index contributed by atoms with van der Waals surface area (Å²) in [6.45, 7) is 4.08. The van der Waals surface area contributed by atoms with E-state index in [9.17, 15) is 0 Å². The quantitative estimate of drug-likeness (QED) is 0.810. The Labute approximate surface area is 149 Å². The minimum Gasteiger partial charge on any atom is -0.376 e. The van der Waals surface area contributed by atoms with Gasteiger partial charge >= 0.3 is 0 Å². The molecule has 2 fully saturated rings. The van der Waals surface area contributed by atoms with Gasteiger partial charge in [-0.15, -0.1) is 0 Å². The Morgan fingerprint density at radius 1 is 1.16 bits per heavy atom. The van der Waals surface area contributed by atoms with Crippen molar-refractivity contribution in [3.63, 3.8) is 0 Å². The average Bonchev–Trinajstić information content (AvgIpc) is 3.08. The predicted octanol–water partition coefficient (Wildman–Crippen LogP) is 2.67. The van der Waals surface area contributed by atoms with Crippen molar-refractivity contribution in [2.45, 2.75) is 38.1 Å². The molecule has 4 rings (SSSR count). The van der Waals surface area contributed by atoms with Gasteiger partial charge in [-0.2, -0.15) is 0 Å². The summed E-state index contributed by atoms with van der Waals surface area (Å²) in [6.07, 6.45) is 8.16. The molecule has 2 aliphatic rings. The van der Waals surface area contributed by atoms with Gasteiger partial charge in [0.25, 0.3) is 0 Å².